The number of carbonyl (C=O) groups is 1. The van der Waals surface area contributed by atoms with Crippen molar-refractivity contribution in [3.8, 4) is 5.75 Å². The quantitative estimate of drug-likeness (QED) is 0.253. The average molecular weight is 452 g/mol. The fraction of sp³-hybridized carbons (Fsp3) is 0.208. The van der Waals surface area contributed by atoms with Crippen molar-refractivity contribution in [2.45, 2.75) is 13.3 Å². The molecule has 2 heterocycles. The number of nitrogens with zero attached hydrogens (tertiary/aromatic N) is 1. The lowest BCUT2D eigenvalue weighted by atomic mass is 10.1. The van der Waals surface area contributed by atoms with Gasteiger partial charge in [-0.05, 0) is 54.1 Å². The number of fused-ring (bicyclic) bond motifs is 2. The number of thioether (sulfide) groups is 1. The molecule has 1 unspecified atom stereocenters. The maximum absolute atomic E-state index is 13.4. The molecule has 32 heavy (non-hydrogen) atoms. The molecule has 4 aromatic rings. The van der Waals surface area contributed by atoms with Gasteiger partial charge in [-0.3, -0.25) is 15.2 Å². The van der Waals surface area contributed by atoms with Crippen molar-refractivity contribution in [1.29, 1.82) is 5.41 Å². The van der Waals surface area contributed by atoms with Gasteiger partial charge in [0.25, 0.3) is 0 Å². The maximum Gasteiger partial charge on any atom is 0.307 e. The molecule has 6 nitrogen and oxygen atoms in total. The Bertz CT molecular complexity index is 1300. The molecule has 0 saturated heterocycles. The van der Waals surface area contributed by atoms with Crippen LogP contribution in [0.1, 0.15) is 11.3 Å². The molecule has 0 amide bonds. The zero-order valence-electron chi connectivity index (χ0n) is 17.4. The summed E-state index contributed by atoms with van der Waals surface area (Å²) in [6.07, 6.45) is 3.79. The average Bonchev–Trinajstić information content (AvgIpc) is 3.17. The third-order valence-corrected chi connectivity index (χ3v) is 6.35. The van der Waals surface area contributed by atoms with Crippen LogP contribution in [0.25, 0.3) is 21.7 Å². The Morgan fingerprint density at radius 1 is 1.25 bits per heavy atom. The second-order valence-electron chi connectivity index (χ2n) is 7.57. The van der Waals surface area contributed by atoms with E-state index in [2.05, 4.69) is 9.97 Å². The smallest absolute Gasteiger partial charge is 0.307 e. The van der Waals surface area contributed by atoms with E-state index >= 15 is 0 Å². The predicted octanol–water partition coefficient (Wildman–Crippen LogP) is 5.20. The lowest BCUT2D eigenvalue weighted by Crippen LogP contribution is -2.21. The number of benzene rings is 2. The molecule has 2 aromatic heterocycles. The Labute approximate surface area is 188 Å². The number of halogens is 1. The SMILES string of the molecule is Cc1c(OCC(=N)SCC(Cc2cc3ccc(F)cc3[nH]2)C(=O)O)ccc2ccncc12. The third kappa shape index (κ3) is 4.91. The molecule has 4 rings (SSSR count). The van der Waals surface area contributed by atoms with Gasteiger partial charge in [-0.15, -0.1) is 11.8 Å². The van der Waals surface area contributed by atoms with Gasteiger partial charge in [-0.25, -0.2) is 4.39 Å². The van der Waals surface area contributed by atoms with Crippen molar-refractivity contribution >= 4 is 44.5 Å². The van der Waals surface area contributed by atoms with E-state index in [1.165, 1.54) is 12.1 Å². The molecule has 0 bridgehead atoms. The lowest BCUT2D eigenvalue weighted by molar-refractivity contribution is -0.140. The van der Waals surface area contributed by atoms with Gasteiger partial charge < -0.3 is 14.8 Å². The predicted molar refractivity (Wildman–Crippen MR) is 125 cm³/mol. The highest BCUT2D eigenvalue weighted by Gasteiger charge is 2.20. The molecule has 0 aliphatic heterocycles. The van der Waals surface area contributed by atoms with Crippen molar-refractivity contribution in [3.63, 3.8) is 0 Å². The summed E-state index contributed by atoms with van der Waals surface area (Å²) in [5, 5.41) is 20.9. The van der Waals surface area contributed by atoms with Crippen molar-refractivity contribution in [3.05, 3.63) is 71.9 Å². The highest BCUT2D eigenvalue weighted by Crippen LogP contribution is 2.27. The second-order valence-corrected chi connectivity index (χ2v) is 8.69. The highest BCUT2D eigenvalue weighted by molar-refractivity contribution is 8.13. The number of hydrogen-bond acceptors (Lipinski definition) is 5. The molecule has 3 N–H and O–H groups in total. The molecule has 0 fully saturated rings. The molecule has 1 atom stereocenters. The van der Waals surface area contributed by atoms with Crippen LogP contribution in [0, 0.1) is 24.1 Å². The number of carboxylic acids is 1. The number of aromatic nitrogens is 2. The number of H-pyrrole nitrogens is 1. The van der Waals surface area contributed by atoms with Crippen molar-refractivity contribution in [2.24, 2.45) is 5.92 Å². The third-order valence-electron chi connectivity index (χ3n) is 5.32. The molecule has 0 aliphatic rings. The number of carboxylic acid groups (broad SMARTS) is 1. The number of hydrogen-bond donors (Lipinski definition) is 3. The molecule has 0 spiro atoms. The van der Waals surface area contributed by atoms with Crippen molar-refractivity contribution < 1.29 is 19.0 Å². The molecular weight excluding hydrogens is 429 g/mol. The number of aryl methyl sites for hydroxylation is 1. The van der Waals surface area contributed by atoms with Crippen LogP contribution in [0.3, 0.4) is 0 Å². The summed E-state index contributed by atoms with van der Waals surface area (Å²) in [5.41, 5.74) is 2.31. The van der Waals surface area contributed by atoms with E-state index in [9.17, 15) is 14.3 Å². The van der Waals surface area contributed by atoms with Gasteiger partial charge in [0, 0.05) is 46.7 Å². The zero-order valence-corrected chi connectivity index (χ0v) is 18.2. The summed E-state index contributed by atoms with van der Waals surface area (Å²) in [7, 11) is 0. The summed E-state index contributed by atoms with van der Waals surface area (Å²) in [4.78, 5) is 19.0. The summed E-state index contributed by atoms with van der Waals surface area (Å²) in [6, 6.07) is 12.0. The Morgan fingerprint density at radius 3 is 2.88 bits per heavy atom. The number of rotatable bonds is 8. The van der Waals surface area contributed by atoms with E-state index in [1.54, 1.807) is 18.5 Å². The van der Waals surface area contributed by atoms with E-state index in [-0.39, 0.29) is 29.6 Å². The van der Waals surface area contributed by atoms with Gasteiger partial charge in [0.15, 0.2) is 0 Å². The van der Waals surface area contributed by atoms with Crippen LogP contribution in [-0.4, -0.2) is 38.4 Å². The summed E-state index contributed by atoms with van der Waals surface area (Å²) in [5.74, 6) is -1.05. The first kappa shape index (κ1) is 21.8. The molecule has 0 saturated carbocycles. The van der Waals surface area contributed by atoms with Crippen molar-refractivity contribution in [1.82, 2.24) is 9.97 Å². The normalized spacial score (nSPS) is 12.2. The van der Waals surface area contributed by atoms with Gasteiger partial charge in [0.1, 0.15) is 23.2 Å². The minimum Gasteiger partial charge on any atom is -0.486 e. The molecular formula is C24H22FN3O3S. The van der Waals surface area contributed by atoms with Gasteiger partial charge in [0.2, 0.25) is 0 Å². The summed E-state index contributed by atoms with van der Waals surface area (Å²) < 4.78 is 19.2. The van der Waals surface area contributed by atoms with Crippen molar-refractivity contribution in [2.75, 3.05) is 12.4 Å². The van der Waals surface area contributed by atoms with Crippen LogP contribution < -0.4 is 4.74 Å². The van der Waals surface area contributed by atoms with E-state index in [0.29, 0.717) is 11.3 Å². The minimum absolute atomic E-state index is 0.0648. The fourth-order valence-electron chi connectivity index (χ4n) is 3.58. The van der Waals surface area contributed by atoms with Crippen LogP contribution in [0.5, 0.6) is 5.75 Å². The van der Waals surface area contributed by atoms with Crippen LogP contribution in [0.4, 0.5) is 4.39 Å². The number of aromatic amines is 1. The number of pyridine rings is 1. The largest absolute Gasteiger partial charge is 0.486 e. The van der Waals surface area contributed by atoms with Crippen LogP contribution in [0.2, 0.25) is 0 Å². The standard InChI is InChI=1S/C24H22FN3O3S/c1-14-20-11-27-7-6-15(20)3-5-22(14)31-12-23(26)32-13-17(24(29)30)9-19-8-16-2-4-18(25)10-21(16)28-19/h2-8,10-11,17,26,28H,9,12-13H2,1H3,(H,29,30). The maximum atomic E-state index is 13.4. The van der Waals surface area contributed by atoms with Gasteiger partial charge in [-0.1, -0.05) is 6.07 Å². The lowest BCUT2D eigenvalue weighted by Gasteiger charge is -2.14. The van der Waals surface area contributed by atoms with E-state index in [4.69, 9.17) is 10.1 Å². The number of nitrogens with one attached hydrogen (secondary N) is 2. The zero-order chi connectivity index (χ0) is 22.7. The second kappa shape index (κ2) is 9.40. The Balaban J connectivity index is 1.35. The van der Waals surface area contributed by atoms with E-state index in [1.807, 2.05) is 31.2 Å². The fourth-order valence-corrected chi connectivity index (χ4v) is 4.39. The Morgan fingerprint density at radius 2 is 2.06 bits per heavy atom. The Kier molecular flexibility index (Phi) is 6.41. The van der Waals surface area contributed by atoms with E-state index < -0.39 is 11.9 Å². The topological polar surface area (TPSA) is 99.1 Å². The molecule has 0 radical (unpaired) electrons. The van der Waals surface area contributed by atoms with Gasteiger partial charge in [0.05, 0.1) is 5.92 Å². The number of aliphatic carboxylic acids is 1. The first-order valence-electron chi connectivity index (χ1n) is 10.1. The minimum atomic E-state index is -0.936. The van der Waals surface area contributed by atoms with Crippen LogP contribution >= 0.6 is 11.8 Å². The highest BCUT2D eigenvalue weighted by atomic mass is 32.2. The molecule has 0 aliphatic carbocycles. The summed E-state index contributed by atoms with van der Waals surface area (Å²) in [6.45, 7) is 2.01. The first-order valence-corrected chi connectivity index (χ1v) is 11.1. The van der Waals surface area contributed by atoms with Gasteiger partial charge >= 0.3 is 5.97 Å². The van der Waals surface area contributed by atoms with Crippen LogP contribution in [0.15, 0.2) is 54.9 Å². The van der Waals surface area contributed by atoms with E-state index in [0.717, 1.165) is 39.2 Å². The van der Waals surface area contributed by atoms with Crippen LogP contribution in [-0.2, 0) is 11.2 Å². The first-order chi connectivity index (χ1) is 15.4. The molecule has 164 valence electrons. The number of ether oxygens (including phenoxy) is 1. The Hall–Kier alpha value is -3.39. The summed E-state index contributed by atoms with van der Waals surface area (Å²) >= 11 is 1.16. The van der Waals surface area contributed by atoms with Gasteiger partial charge in [-0.2, -0.15) is 0 Å². The molecule has 8 heteroatoms. The molecule has 2 aromatic carbocycles. The monoisotopic (exact) mass is 451 g/mol.